The number of carbonyl (C=O) groups is 8. The fourth-order valence-corrected chi connectivity index (χ4v) is 8.97. The van der Waals surface area contributed by atoms with Crippen LogP contribution in [0.1, 0.15) is 197 Å². The van der Waals surface area contributed by atoms with Gasteiger partial charge in [0.05, 0.1) is 0 Å². The Hall–Kier alpha value is -14.7. The van der Waals surface area contributed by atoms with E-state index in [0.717, 1.165) is 57.4 Å². The van der Waals surface area contributed by atoms with Gasteiger partial charge in [-0.15, -0.1) is 0 Å². The summed E-state index contributed by atoms with van der Waals surface area (Å²) in [5.41, 5.74) is 6.94. The van der Waals surface area contributed by atoms with E-state index in [-0.39, 0.29) is 51.8 Å². The maximum Gasteiger partial charge on any atom is 0.188 e. The SMILES string of the molecule is CC(C)(C)N/C=C\C(=O)c1cccnc1.CC(C)CN/C=C\C(=O)c1cccnc1.CCC(C)N/C=C\C(=O)c1cccnc1.CCC(C)N/C=C\C(=O)c1cccnc1.CCCCN/C=C\C(=O)c1cccnc1.CCCN/C=C\C(=O)c1cccnc1.O=C(/C=C\NCc1ccccc1)c1cccnc1.O=C(/C=C\Nc1ccccc1)c1cccnc1. The van der Waals surface area contributed by atoms with Gasteiger partial charge in [0.2, 0.25) is 0 Å². The third kappa shape index (κ3) is 51.6. The quantitative estimate of drug-likeness (QED) is 0.0101. The molecule has 0 spiro atoms. The lowest BCUT2D eigenvalue weighted by Crippen LogP contribution is -2.31. The largest absolute Gasteiger partial charge is 0.391 e. The number of pyridine rings is 8. The van der Waals surface area contributed by atoms with Crippen molar-refractivity contribution < 1.29 is 38.4 Å². The van der Waals surface area contributed by atoms with Gasteiger partial charge in [-0.3, -0.25) is 78.2 Å². The van der Waals surface area contributed by atoms with Crippen molar-refractivity contribution in [3.63, 3.8) is 0 Å². The minimum Gasteiger partial charge on any atom is -0.391 e. The lowest BCUT2D eigenvalue weighted by atomic mass is 10.1. The van der Waals surface area contributed by atoms with Crippen LogP contribution in [0.2, 0.25) is 0 Å². The van der Waals surface area contributed by atoms with Crippen LogP contribution in [0.25, 0.3) is 0 Å². The molecular weight excluding hydrogens is 1550 g/mol. The van der Waals surface area contributed by atoms with E-state index in [9.17, 15) is 38.4 Å². The molecule has 8 heterocycles. The summed E-state index contributed by atoms with van der Waals surface area (Å²) in [6.45, 7) is 26.2. The molecule has 24 heteroatoms. The maximum atomic E-state index is 11.7. The topological polar surface area (TPSA) is 336 Å². The van der Waals surface area contributed by atoms with Crippen LogP contribution in [0.15, 0.2) is 355 Å². The Morgan fingerprint density at radius 1 is 0.315 bits per heavy atom. The van der Waals surface area contributed by atoms with Gasteiger partial charge in [-0.05, 0) is 181 Å². The van der Waals surface area contributed by atoms with E-state index in [1.54, 1.807) is 246 Å². The smallest absolute Gasteiger partial charge is 0.188 e. The zero-order chi connectivity index (χ0) is 90.3. The van der Waals surface area contributed by atoms with Crippen molar-refractivity contribution in [2.45, 2.75) is 132 Å². The van der Waals surface area contributed by atoms with Crippen molar-refractivity contribution in [1.82, 2.24) is 77.1 Å². The predicted molar refractivity (Wildman–Crippen MR) is 498 cm³/mol. The van der Waals surface area contributed by atoms with Crippen molar-refractivity contribution in [3.05, 3.63) is 405 Å². The van der Waals surface area contributed by atoms with Crippen LogP contribution in [0.3, 0.4) is 0 Å². The average molecular weight is 1670 g/mol. The second-order valence-corrected chi connectivity index (χ2v) is 28.3. The molecular formula is C100H120N16O8. The Labute approximate surface area is 731 Å². The lowest BCUT2D eigenvalue weighted by Gasteiger charge is -2.18. The van der Waals surface area contributed by atoms with E-state index in [2.05, 4.69) is 138 Å². The molecule has 0 aliphatic heterocycles. The van der Waals surface area contributed by atoms with Gasteiger partial charge in [-0.2, -0.15) is 0 Å². The van der Waals surface area contributed by atoms with Crippen molar-refractivity contribution in [2.24, 2.45) is 5.92 Å². The highest BCUT2D eigenvalue weighted by Crippen LogP contribution is 2.09. The molecule has 2 unspecified atom stereocenters. The lowest BCUT2D eigenvalue weighted by molar-refractivity contribution is 0.103. The molecule has 0 aliphatic carbocycles. The summed E-state index contributed by atoms with van der Waals surface area (Å²) in [7, 11) is 0. The highest BCUT2D eigenvalue weighted by molar-refractivity contribution is 6.07. The number of para-hydroxylation sites is 1. The number of hydrogen-bond acceptors (Lipinski definition) is 24. The maximum absolute atomic E-state index is 11.7. The van der Waals surface area contributed by atoms with Gasteiger partial charge >= 0.3 is 0 Å². The number of carbonyl (C=O) groups excluding carboxylic acids is 8. The highest BCUT2D eigenvalue weighted by Gasteiger charge is 2.09. The molecule has 2 atom stereocenters. The molecule has 24 nitrogen and oxygen atoms in total. The Morgan fingerprint density at radius 2 is 0.597 bits per heavy atom. The number of rotatable bonds is 38. The molecule has 8 aromatic heterocycles. The molecule has 0 aliphatic rings. The van der Waals surface area contributed by atoms with Gasteiger partial charge in [-0.25, -0.2) is 0 Å². The summed E-state index contributed by atoms with van der Waals surface area (Å²) in [5.74, 6) is 0.277. The molecule has 2 aromatic carbocycles. The van der Waals surface area contributed by atoms with E-state index in [4.69, 9.17) is 0 Å². The number of benzene rings is 2. The first-order valence-electron chi connectivity index (χ1n) is 41.0. The summed E-state index contributed by atoms with van der Waals surface area (Å²) >= 11 is 0. The molecule has 10 rings (SSSR count). The number of allylic oxidation sites excluding steroid dienone is 8. The van der Waals surface area contributed by atoms with E-state index in [0.29, 0.717) is 69.1 Å². The monoisotopic (exact) mass is 1670 g/mol. The first-order chi connectivity index (χ1) is 60.1. The first kappa shape index (κ1) is 104. The molecule has 0 saturated carbocycles. The predicted octanol–water partition coefficient (Wildman–Crippen LogP) is 17.9. The highest BCUT2D eigenvalue weighted by atomic mass is 16.2. The number of ketones is 8. The third-order valence-electron chi connectivity index (χ3n) is 16.2. The summed E-state index contributed by atoms with van der Waals surface area (Å²) in [4.78, 5) is 124. The summed E-state index contributed by atoms with van der Waals surface area (Å²) in [6.07, 6.45) is 56.7. The van der Waals surface area contributed by atoms with Crippen LogP contribution in [0, 0.1) is 5.92 Å². The Balaban J connectivity index is 0.000000366. The molecule has 648 valence electrons. The standard InChI is InChI=1S/C15H14N2O.C14H12N2O.5C12H16N2O.C11H14N2O/c18-15(14-7-4-9-16-12-14)8-10-17-11-13-5-2-1-3-6-13;17-14(12-5-4-9-15-11-12)8-10-16-13-6-2-1-3-7-13;1-12(2,3)14-8-6-11(15)10-5-4-7-13-9-10;1-10(2)8-14-7-5-12(15)11-4-3-6-13-9-11;2*1-3-10(2)14-8-6-12(15)11-5-4-7-13-9-11;1-2-3-7-13-9-6-12(15)11-5-4-8-14-10-11;1-2-6-12-8-5-11(14)10-4-3-7-13-9-10/h1-10,12,17H,11H2;1-11,16H;4-9,14H,1-3H3;3-7,9-10,14H,8H2,1-2H3;2*4-10,14H,3H2,1-2H3;4-6,8-10,13H,2-3,7H2,1H3;3-5,7-9,12H,2,6H2,1H3/b2*10-8-;8-6-;7-5-;2*8-6-;9-6-;8-5-. The van der Waals surface area contributed by atoms with Crippen LogP contribution < -0.4 is 42.5 Å². The number of nitrogens with zero attached hydrogens (tertiary/aromatic N) is 8. The summed E-state index contributed by atoms with van der Waals surface area (Å²) < 4.78 is 0. The van der Waals surface area contributed by atoms with Crippen LogP contribution in [-0.2, 0) is 6.54 Å². The van der Waals surface area contributed by atoms with Crippen LogP contribution >= 0.6 is 0 Å². The minimum absolute atomic E-state index is 0.0212. The molecule has 0 amide bonds. The summed E-state index contributed by atoms with van der Waals surface area (Å²) in [5, 5.41) is 24.6. The number of hydrogen-bond donors (Lipinski definition) is 8. The van der Waals surface area contributed by atoms with E-state index in [1.807, 2.05) is 81.4 Å². The zero-order valence-corrected chi connectivity index (χ0v) is 72.9. The van der Waals surface area contributed by atoms with Gasteiger partial charge in [0.25, 0.3) is 0 Å². The fourth-order valence-electron chi connectivity index (χ4n) is 8.97. The fraction of sp³-hybridized carbons (Fsp3) is 0.240. The van der Waals surface area contributed by atoms with Crippen LogP contribution in [-0.4, -0.2) is 123 Å². The third-order valence-corrected chi connectivity index (χ3v) is 16.2. The second kappa shape index (κ2) is 66.2. The summed E-state index contributed by atoms with van der Waals surface area (Å²) in [6, 6.07) is 48.5. The molecule has 8 N–H and O–H groups in total. The van der Waals surface area contributed by atoms with Gasteiger partial charge in [0, 0.05) is 291 Å². The number of anilines is 1. The van der Waals surface area contributed by atoms with Gasteiger partial charge in [-0.1, -0.05) is 96.5 Å². The molecule has 0 fully saturated rings. The van der Waals surface area contributed by atoms with Crippen molar-refractivity contribution in [1.29, 1.82) is 0 Å². The van der Waals surface area contributed by atoms with Gasteiger partial charge < -0.3 is 42.5 Å². The molecule has 10 aromatic rings. The first-order valence-corrected chi connectivity index (χ1v) is 41.0. The Kier molecular flexibility index (Phi) is 55.2. The average Bonchev–Trinajstić information content (AvgIpc) is 0.934. The molecule has 0 bridgehead atoms. The van der Waals surface area contributed by atoms with Crippen molar-refractivity contribution in [3.8, 4) is 0 Å². The number of aromatic nitrogens is 8. The van der Waals surface area contributed by atoms with Crippen LogP contribution in [0.5, 0.6) is 0 Å². The van der Waals surface area contributed by atoms with Gasteiger partial charge in [0.15, 0.2) is 46.3 Å². The van der Waals surface area contributed by atoms with Crippen molar-refractivity contribution in [2.75, 3.05) is 25.0 Å². The van der Waals surface area contributed by atoms with E-state index >= 15 is 0 Å². The van der Waals surface area contributed by atoms with Gasteiger partial charge in [0.1, 0.15) is 0 Å². The molecule has 0 saturated heterocycles. The minimum atomic E-state index is -0.0680. The van der Waals surface area contributed by atoms with E-state index < -0.39 is 0 Å². The van der Waals surface area contributed by atoms with E-state index in [1.165, 1.54) is 54.2 Å². The van der Waals surface area contributed by atoms with Crippen LogP contribution in [0.4, 0.5) is 5.69 Å². The molecule has 0 radical (unpaired) electrons. The Bertz CT molecular complexity index is 4760. The number of unbranched alkanes of at least 4 members (excludes halogenated alkanes) is 1. The second-order valence-electron chi connectivity index (χ2n) is 28.3. The normalized spacial score (nSPS) is 11.2. The molecule has 124 heavy (non-hydrogen) atoms. The van der Waals surface area contributed by atoms with Crippen molar-refractivity contribution >= 4 is 52.0 Å². The Morgan fingerprint density at radius 3 is 0.879 bits per heavy atom. The number of nitrogens with one attached hydrogen (secondary N) is 8. The zero-order valence-electron chi connectivity index (χ0n) is 72.9.